The molecule has 0 amide bonds. The third kappa shape index (κ3) is 2.66. The van der Waals surface area contributed by atoms with Gasteiger partial charge in [-0.1, -0.05) is 6.92 Å². The minimum atomic E-state index is -0.536. The van der Waals surface area contributed by atoms with E-state index in [-0.39, 0.29) is 12.0 Å². The Morgan fingerprint density at radius 1 is 1.54 bits per heavy atom. The molecule has 0 aromatic rings. The SMILES string of the molecule is COCC(C)C1(O)CCC(N)CC1. The van der Waals surface area contributed by atoms with Gasteiger partial charge in [-0.15, -0.1) is 0 Å². The van der Waals surface area contributed by atoms with Crippen LogP contribution < -0.4 is 5.73 Å². The van der Waals surface area contributed by atoms with Gasteiger partial charge in [0.25, 0.3) is 0 Å². The lowest BCUT2D eigenvalue weighted by atomic mass is 9.75. The van der Waals surface area contributed by atoms with Crippen LogP contribution in [0.15, 0.2) is 0 Å². The number of ether oxygens (including phenoxy) is 1. The molecule has 1 aliphatic carbocycles. The molecule has 0 aromatic heterocycles. The van der Waals surface area contributed by atoms with Crippen molar-refractivity contribution in [1.82, 2.24) is 0 Å². The number of rotatable bonds is 3. The molecule has 0 aromatic carbocycles. The Kier molecular flexibility index (Phi) is 3.71. The monoisotopic (exact) mass is 187 g/mol. The van der Waals surface area contributed by atoms with E-state index in [1.807, 2.05) is 6.92 Å². The second-order valence-electron chi connectivity index (χ2n) is 4.30. The first-order chi connectivity index (χ1) is 6.08. The van der Waals surface area contributed by atoms with Gasteiger partial charge in [-0.05, 0) is 25.7 Å². The second-order valence-corrected chi connectivity index (χ2v) is 4.30. The second kappa shape index (κ2) is 4.40. The summed E-state index contributed by atoms with van der Waals surface area (Å²) in [5.74, 6) is 0.213. The van der Waals surface area contributed by atoms with E-state index in [4.69, 9.17) is 10.5 Å². The van der Waals surface area contributed by atoms with E-state index in [1.54, 1.807) is 7.11 Å². The first kappa shape index (κ1) is 11.0. The molecule has 1 aliphatic rings. The molecule has 0 heterocycles. The van der Waals surface area contributed by atoms with E-state index in [9.17, 15) is 5.11 Å². The Bertz CT molecular complexity index is 153. The van der Waals surface area contributed by atoms with Crippen LogP contribution in [0.25, 0.3) is 0 Å². The average Bonchev–Trinajstić information content (AvgIpc) is 2.11. The number of aliphatic hydroxyl groups is 1. The Balaban J connectivity index is 2.46. The minimum absolute atomic E-state index is 0.213. The molecule has 0 bridgehead atoms. The molecule has 1 fully saturated rings. The Labute approximate surface area is 80.3 Å². The van der Waals surface area contributed by atoms with Crippen LogP contribution in [0.5, 0.6) is 0 Å². The van der Waals surface area contributed by atoms with Gasteiger partial charge in [-0.25, -0.2) is 0 Å². The molecule has 78 valence electrons. The molecule has 1 unspecified atom stereocenters. The van der Waals surface area contributed by atoms with Gasteiger partial charge in [0.1, 0.15) is 0 Å². The third-order valence-electron chi connectivity index (χ3n) is 3.23. The molecule has 3 N–H and O–H groups in total. The summed E-state index contributed by atoms with van der Waals surface area (Å²) in [6.45, 7) is 2.67. The first-order valence-electron chi connectivity index (χ1n) is 5.05. The first-order valence-corrected chi connectivity index (χ1v) is 5.05. The summed E-state index contributed by atoms with van der Waals surface area (Å²) in [6.07, 6.45) is 3.51. The smallest absolute Gasteiger partial charge is 0.0696 e. The van der Waals surface area contributed by atoms with Gasteiger partial charge in [0, 0.05) is 19.1 Å². The number of hydrogen-bond donors (Lipinski definition) is 2. The summed E-state index contributed by atoms with van der Waals surface area (Å²) < 4.78 is 5.06. The number of hydrogen-bond acceptors (Lipinski definition) is 3. The fourth-order valence-corrected chi connectivity index (χ4v) is 2.04. The van der Waals surface area contributed by atoms with Crippen molar-refractivity contribution in [3.63, 3.8) is 0 Å². The van der Waals surface area contributed by atoms with E-state index < -0.39 is 5.60 Å². The standard InChI is InChI=1S/C10H21NO2/c1-8(7-13-2)10(12)5-3-9(11)4-6-10/h8-9,12H,3-7,11H2,1-2H3. The van der Waals surface area contributed by atoms with E-state index >= 15 is 0 Å². The molecule has 0 saturated heterocycles. The zero-order chi connectivity index (χ0) is 9.90. The van der Waals surface area contributed by atoms with Crippen LogP contribution in [0.2, 0.25) is 0 Å². The van der Waals surface area contributed by atoms with Gasteiger partial charge in [-0.3, -0.25) is 0 Å². The molecular formula is C10H21NO2. The zero-order valence-corrected chi connectivity index (χ0v) is 8.62. The van der Waals surface area contributed by atoms with Crippen molar-refractivity contribution in [3.8, 4) is 0 Å². The Morgan fingerprint density at radius 3 is 2.54 bits per heavy atom. The molecular weight excluding hydrogens is 166 g/mol. The quantitative estimate of drug-likeness (QED) is 0.690. The van der Waals surface area contributed by atoms with Gasteiger partial charge < -0.3 is 15.6 Å². The maximum absolute atomic E-state index is 10.3. The van der Waals surface area contributed by atoms with Gasteiger partial charge in [-0.2, -0.15) is 0 Å². The highest BCUT2D eigenvalue weighted by atomic mass is 16.5. The molecule has 0 spiro atoms. The summed E-state index contributed by atoms with van der Waals surface area (Å²) in [4.78, 5) is 0. The topological polar surface area (TPSA) is 55.5 Å². The van der Waals surface area contributed by atoms with Crippen molar-refractivity contribution in [3.05, 3.63) is 0 Å². The van der Waals surface area contributed by atoms with Crippen LogP contribution in [0, 0.1) is 5.92 Å². The van der Waals surface area contributed by atoms with Crippen molar-refractivity contribution in [2.75, 3.05) is 13.7 Å². The van der Waals surface area contributed by atoms with Gasteiger partial charge in [0.2, 0.25) is 0 Å². The van der Waals surface area contributed by atoms with Crippen LogP contribution in [0.4, 0.5) is 0 Å². The maximum atomic E-state index is 10.3. The van der Waals surface area contributed by atoms with Crippen molar-refractivity contribution >= 4 is 0 Å². The molecule has 13 heavy (non-hydrogen) atoms. The normalized spacial score (nSPS) is 37.4. The summed E-state index contributed by atoms with van der Waals surface area (Å²) in [5, 5.41) is 10.3. The maximum Gasteiger partial charge on any atom is 0.0696 e. The van der Waals surface area contributed by atoms with Crippen molar-refractivity contribution in [2.45, 2.75) is 44.2 Å². The summed E-state index contributed by atoms with van der Waals surface area (Å²) in [7, 11) is 1.68. The number of methoxy groups -OCH3 is 1. The Morgan fingerprint density at radius 2 is 2.08 bits per heavy atom. The molecule has 3 heteroatoms. The van der Waals surface area contributed by atoms with Crippen LogP contribution >= 0.6 is 0 Å². The van der Waals surface area contributed by atoms with Crippen LogP contribution in [0.1, 0.15) is 32.6 Å². The van der Waals surface area contributed by atoms with E-state index in [0.29, 0.717) is 6.61 Å². The van der Waals surface area contributed by atoms with Gasteiger partial charge in [0.15, 0.2) is 0 Å². The summed E-state index contributed by atoms with van der Waals surface area (Å²) >= 11 is 0. The fraction of sp³-hybridized carbons (Fsp3) is 1.00. The Hall–Kier alpha value is -0.120. The highest BCUT2D eigenvalue weighted by molar-refractivity contribution is 4.90. The fourth-order valence-electron chi connectivity index (χ4n) is 2.04. The minimum Gasteiger partial charge on any atom is -0.390 e. The van der Waals surface area contributed by atoms with E-state index in [2.05, 4.69) is 0 Å². The lowest BCUT2D eigenvalue weighted by molar-refractivity contribution is -0.0679. The highest BCUT2D eigenvalue weighted by Crippen LogP contribution is 2.33. The molecule has 1 rings (SSSR count). The third-order valence-corrected chi connectivity index (χ3v) is 3.23. The molecule has 0 aliphatic heterocycles. The predicted octanol–water partition coefficient (Wildman–Crippen LogP) is 0.901. The van der Waals surface area contributed by atoms with Crippen molar-refractivity contribution in [1.29, 1.82) is 0 Å². The van der Waals surface area contributed by atoms with Crippen molar-refractivity contribution in [2.24, 2.45) is 11.7 Å². The molecule has 0 radical (unpaired) electrons. The zero-order valence-electron chi connectivity index (χ0n) is 8.62. The average molecular weight is 187 g/mol. The van der Waals surface area contributed by atoms with Crippen LogP contribution in [-0.2, 0) is 4.74 Å². The van der Waals surface area contributed by atoms with Crippen LogP contribution in [0.3, 0.4) is 0 Å². The predicted molar refractivity (Wildman–Crippen MR) is 52.4 cm³/mol. The largest absolute Gasteiger partial charge is 0.390 e. The van der Waals surface area contributed by atoms with Gasteiger partial charge >= 0.3 is 0 Å². The van der Waals surface area contributed by atoms with Crippen LogP contribution in [-0.4, -0.2) is 30.5 Å². The lowest BCUT2D eigenvalue weighted by Gasteiger charge is -2.39. The molecule has 1 saturated carbocycles. The lowest BCUT2D eigenvalue weighted by Crippen LogP contribution is -2.44. The van der Waals surface area contributed by atoms with E-state index in [1.165, 1.54) is 0 Å². The van der Waals surface area contributed by atoms with E-state index in [0.717, 1.165) is 25.7 Å². The van der Waals surface area contributed by atoms with Gasteiger partial charge in [0.05, 0.1) is 12.2 Å². The highest BCUT2D eigenvalue weighted by Gasteiger charge is 2.36. The summed E-state index contributed by atoms with van der Waals surface area (Å²) in [6, 6.07) is 0.287. The molecule has 3 nitrogen and oxygen atoms in total. The number of nitrogens with two attached hydrogens (primary N) is 1. The molecule has 1 atom stereocenters. The van der Waals surface area contributed by atoms with Crippen molar-refractivity contribution < 1.29 is 9.84 Å². The summed E-state index contributed by atoms with van der Waals surface area (Å²) in [5.41, 5.74) is 5.25.